The van der Waals surface area contributed by atoms with E-state index >= 15 is 0 Å². The Morgan fingerprint density at radius 2 is 1.94 bits per heavy atom. The molecule has 1 unspecified atom stereocenters. The van der Waals surface area contributed by atoms with Crippen LogP contribution in [0.4, 0.5) is 8.78 Å². The van der Waals surface area contributed by atoms with Crippen molar-refractivity contribution in [2.75, 3.05) is 6.54 Å². The van der Waals surface area contributed by atoms with Gasteiger partial charge in [-0.3, -0.25) is 4.79 Å². The van der Waals surface area contributed by atoms with Crippen molar-refractivity contribution in [3.05, 3.63) is 35.4 Å². The van der Waals surface area contributed by atoms with Gasteiger partial charge in [-0.15, -0.1) is 0 Å². The van der Waals surface area contributed by atoms with Crippen molar-refractivity contribution in [3.8, 4) is 0 Å². The minimum atomic E-state index is -2.36. The molecule has 0 aliphatic rings. The summed E-state index contributed by atoms with van der Waals surface area (Å²) in [6.45, 7) is 1.62. The predicted octanol–water partition coefficient (Wildman–Crippen LogP) is 2.23. The van der Waals surface area contributed by atoms with E-state index in [1.54, 1.807) is 31.2 Å². The molecule has 0 radical (unpaired) electrons. The van der Waals surface area contributed by atoms with Crippen molar-refractivity contribution >= 4 is 5.97 Å². The van der Waals surface area contributed by atoms with Crippen LogP contribution in [0.25, 0.3) is 0 Å². The van der Waals surface area contributed by atoms with Crippen molar-refractivity contribution in [1.29, 1.82) is 0 Å². The molecule has 0 aliphatic heterocycles. The lowest BCUT2D eigenvalue weighted by molar-refractivity contribution is -0.138. The summed E-state index contributed by atoms with van der Waals surface area (Å²) in [4.78, 5) is 10.7. The Labute approximate surface area is 98.5 Å². The van der Waals surface area contributed by atoms with E-state index in [1.165, 1.54) is 0 Å². The quantitative estimate of drug-likeness (QED) is 0.805. The number of carbonyl (C=O) groups is 1. The third-order valence-corrected chi connectivity index (χ3v) is 2.48. The van der Waals surface area contributed by atoms with Gasteiger partial charge in [0.25, 0.3) is 6.43 Å². The molecule has 0 heterocycles. The Hall–Kier alpha value is -1.49. The van der Waals surface area contributed by atoms with Crippen LogP contribution in [0.5, 0.6) is 0 Å². The fourth-order valence-corrected chi connectivity index (χ4v) is 1.39. The van der Waals surface area contributed by atoms with Gasteiger partial charge in [-0.1, -0.05) is 24.3 Å². The third-order valence-electron chi connectivity index (χ3n) is 2.48. The van der Waals surface area contributed by atoms with Crippen LogP contribution in [-0.4, -0.2) is 24.0 Å². The molecule has 0 saturated carbocycles. The van der Waals surface area contributed by atoms with Gasteiger partial charge < -0.3 is 10.4 Å². The summed E-state index contributed by atoms with van der Waals surface area (Å²) in [6, 6.07) is 6.90. The molecule has 3 nitrogen and oxygen atoms in total. The van der Waals surface area contributed by atoms with Gasteiger partial charge in [-0.25, -0.2) is 8.78 Å². The maximum atomic E-state index is 11.9. The first-order valence-corrected chi connectivity index (χ1v) is 5.31. The number of hydrogen-bond acceptors (Lipinski definition) is 2. The molecule has 1 atom stereocenters. The first-order chi connectivity index (χ1) is 8.00. The lowest BCUT2D eigenvalue weighted by atomic mass is 10.0. The fourth-order valence-electron chi connectivity index (χ4n) is 1.39. The average molecular weight is 243 g/mol. The number of alkyl halides is 2. The van der Waals surface area contributed by atoms with Crippen molar-refractivity contribution in [1.82, 2.24) is 5.32 Å². The van der Waals surface area contributed by atoms with Crippen LogP contribution in [0.2, 0.25) is 0 Å². The lowest BCUT2D eigenvalue weighted by Gasteiger charge is -2.08. The Balaban J connectivity index is 2.53. The molecule has 17 heavy (non-hydrogen) atoms. The zero-order valence-corrected chi connectivity index (χ0v) is 9.49. The highest BCUT2D eigenvalue weighted by molar-refractivity contribution is 5.75. The molecular formula is C12H15F2NO2. The van der Waals surface area contributed by atoms with Crippen LogP contribution in [-0.2, 0) is 11.3 Å². The SMILES string of the molecule is CC(C(=O)O)c1ccc(CNCC(F)F)cc1. The summed E-state index contributed by atoms with van der Waals surface area (Å²) in [5, 5.41) is 11.4. The van der Waals surface area contributed by atoms with Crippen LogP contribution in [0.1, 0.15) is 24.0 Å². The third kappa shape index (κ3) is 4.48. The van der Waals surface area contributed by atoms with Crippen LogP contribution >= 0.6 is 0 Å². The van der Waals surface area contributed by atoms with Crippen molar-refractivity contribution < 1.29 is 18.7 Å². The van der Waals surface area contributed by atoms with E-state index in [4.69, 9.17) is 5.11 Å². The summed E-state index contributed by atoms with van der Waals surface area (Å²) >= 11 is 0. The standard InChI is InChI=1S/C12H15F2NO2/c1-8(12(16)17)10-4-2-9(3-5-10)6-15-7-11(13)14/h2-5,8,11,15H,6-7H2,1H3,(H,16,17). The molecule has 0 fully saturated rings. The molecule has 0 aliphatic carbocycles. The van der Waals surface area contributed by atoms with Crippen LogP contribution < -0.4 is 5.32 Å². The number of carboxylic acid groups (broad SMARTS) is 1. The van der Waals surface area contributed by atoms with Crippen LogP contribution in [0, 0.1) is 0 Å². The number of hydrogen-bond donors (Lipinski definition) is 2. The van der Waals surface area contributed by atoms with Gasteiger partial charge in [0, 0.05) is 6.54 Å². The van der Waals surface area contributed by atoms with E-state index in [2.05, 4.69) is 5.32 Å². The first kappa shape index (κ1) is 13.6. The fraction of sp³-hybridized carbons (Fsp3) is 0.417. The Morgan fingerprint density at radius 1 is 1.35 bits per heavy atom. The zero-order valence-electron chi connectivity index (χ0n) is 9.49. The van der Waals surface area contributed by atoms with Gasteiger partial charge >= 0.3 is 5.97 Å². The second-order valence-corrected chi connectivity index (χ2v) is 3.82. The highest BCUT2D eigenvalue weighted by Gasteiger charge is 2.12. The molecule has 0 amide bonds. The molecule has 94 valence electrons. The molecule has 0 saturated heterocycles. The minimum Gasteiger partial charge on any atom is -0.481 e. The van der Waals surface area contributed by atoms with Gasteiger partial charge in [-0.05, 0) is 18.1 Å². The smallest absolute Gasteiger partial charge is 0.310 e. The van der Waals surface area contributed by atoms with Crippen molar-refractivity contribution in [2.24, 2.45) is 0 Å². The van der Waals surface area contributed by atoms with Gasteiger partial charge in [0.05, 0.1) is 12.5 Å². The molecule has 0 aromatic heterocycles. The highest BCUT2D eigenvalue weighted by Crippen LogP contribution is 2.15. The maximum absolute atomic E-state index is 11.9. The summed E-state index contributed by atoms with van der Waals surface area (Å²) in [5.41, 5.74) is 1.56. The molecular weight excluding hydrogens is 228 g/mol. The van der Waals surface area contributed by atoms with Crippen LogP contribution in [0.3, 0.4) is 0 Å². The number of halogens is 2. The second-order valence-electron chi connectivity index (χ2n) is 3.82. The molecule has 1 rings (SSSR count). The molecule has 2 N–H and O–H groups in total. The van der Waals surface area contributed by atoms with E-state index in [1.807, 2.05) is 0 Å². The van der Waals surface area contributed by atoms with E-state index in [0.29, 0.717) is 12.1 Å². The molecule has 0 bridgehead atoms. The maximum Gasteiger partial charge on any atom is 0.310 e. The number of rotatable bonds is 6. The monoisotopic (exact) mass is 243 g/mol. The second kappa shape index (κ2) is 6.30. The summed E-state index contributed by atoms with van der Waals surface area (Å²) in [6.07, 6.45) is -2.36. The van der Waals surface area contributed by atoms with Crippen molar-refractivity contribution in [2.45, 2.75) is 25.8 Å². The highest BCUT2D eigenvalue weighted by atomic mass is 19.3. The van der Waals surface area contributed by atoms with Gasteiger partial charge in [0.2, 0.25) is 0 Å². The molecule has 1 aromatic rings. The van der Waals surface area contributed by atoms with E-state index in [0.717, 1.165) is 5.56 Å². The number of carboxylic acids is 1. The normalized spacial score (nSPS) is 12.7. The number of nitrogens with one attached hydrogen (secondary N) is 1. The predicted molar refractivity (Wildman–Crippen MR) is 60.2 cm³/mol. The lowest BCUT2D eigenvalue weighted by Crippen LogP contribution is -2.20. The largest absolute Gasteiger partial charge is 0.481 e. The van der Waals surface area contributed by atoms with Gasteiger partial charge in [0.1, 0.15) is 0 Å². The molecule has 5 heteroatoms. The summed E-state index contributed by atoms with van der Waals surface area (Å²) < 4.78 is 23.7. The van der Waals surface area contributed by atoms with E-state index < -0.39 is 18.3 Å². The number of benzene rings is 1. The first-order valence-electron chi connectivity index (χ1n) is 5.31. The Morgan fingerprint density at radius 3 is 2.41 bits per heavy atom. The minimum absolute atomic E-state index is 0.340. The topological polar surface area (TPSA) is 49.3 Å². The summed E-state index contributed by atoms with van der Waals surface area (Å²) in [7, 11) is 0. The van der Waals surface area contributed by atoms with E-state index in [9.17, 15) is 13.6 Å². The molecule has 0 spiro atoms. The zero-order chi connectivity index (χ0) is 12.8. The van der Waals surface area contributed by atoms with Gasteiger partial charge in [0.15, 0.2) is 0 Å². The Kier molecular flexibility index (Phi) is 5.03. The Bertz CT molecular complexity index is 365. The number of aliphatic carboxylic acids is 1. The summed E-state index contributed by atoms with van der Waals surface area (Å²) in [5.74, 6) is -1.44. The van der Waals surface area contributed by atoms with Crippen LogP contribution in [0.15, 0.2) is 24.3 Å². The van der Waals surface area contributed by atoms with Gasteiger partial charge in [-0.2, -0.15) is 0 Å². The molecule has 1 aromatic carbocycles. The average Bonchev–Trinajstić information content (AvgIpc) is 2.28. The van der Waals surface area contributed by atoms with Crippen molar-refractivity contribution in [3.63, 3.8) is 0 Å². The van der Waals surface area contributed by atoms with E-state index in [-0.39, 0.29) is 6.54 Å².